The van der Waals surface area contributed by atoms with Gasteiger partial charge in [-0.05, 0) is 22.0 Å². The van der Waals surface area contributed by atoms with Crippen LogP contribution in [0.3, 0.4) is 0 Å². The molecule has 0 saturated heterocycles. The molecule has 0 aliphatic carbocycles. The lowest BCUT2D eigenvalue weighted by Gasteiger charge is -2.00. The van der Waals surface area contributed by atoms with Crippen LogP contribution in [0.2, 0.25) is 0 Å². The van der Waals surface area contributed by atoms with Gasteiger partial charge in [0.2, 0.25) is 0 Å². The highest BCUT2D eigenvalue weighted by Crippen LogP contribution is 2.15. The van der Waals surface area contributed by atoms with E-state index in [0.29, 0.717) is 4.47 Å². The Hall–Kier alpha value is -1.17. The van der Waals surface area contributed by atoms with Gasteiger partial charge < -0.3 is 5.11 Å². The number of amides is 1. The highest BCUT2D eigenvalue weighted by molar-refractivity contribution is 9.10. The summed E-state index contributed by atoms with van der Waals surface area (Å²) in [6.45, 7) is 0. The highest BCUT2D eigenvalue weighted by atomic mass is 79.9. The minimum atomic E-state index is -1.34. The zero-order chi connectivity index (χ0) is 9.14. The van der Waals surface area contributed by atoms with Crippen molar-refractivity contribution in [2.45, 2.75) is 0 Å². The molecule has 0 radical (unpaired) electrons. The van der Waals surface area contributed by atoms with Crippen LogP contribution in [-0.2, 0) is 0 Å². The molecule has 64 valence electrons. The maximum absolute atomic E-state index is 12.8. The van der Waals surface area contributed by atoms with Crippen LogP contribution in [0.1, 0.15) is 0 Å². The maximum atomic E-state index is 12.8. The number of carboxylic acid groups (broad SMARTS) is 1. The van der Waals surface area contributed by atoms with Crippen LogP contribution in [0.5, 0.6) is 0 Å². The molecule has 12 heavy (non-hydrogen) atoms. The predicted octanol–water partition coefficient (Wildman–Crippen LogP) is 2.07. The van der Waals surface area contributed by atoms with Crippen molar-refractivity contribution in [2.24, 2.45) is 0 Å². The van der Waals surface area contributed by atoms with Gasteiger partial charge in [-0.3, -0.25) is 5.32 Å². The van der Waals surface area contributed by atoms with Gasteiger partial charge in [-0.1, -0.05) is 0 Å². The first-order chi connectivity index (χ1) is 5.59. The topological polar surface area (TPSA) is 62.2 Å². The van der Waals surface area contributed by atoms with Crippen LogP contribution in [0.4, 0.5) is 15.0 Å². The Morgan fingerprint density at radius 2 is 2.42 bits per heavy atom. The Bertz CT molecular complexity index is 318. The fraction of sp³-hybridized carbons (Fsp3) is 0. The zero-order valence-corrected chi connectivity index (χ0v) is 7.30. The number of nitrogens with one attached hydrogen (secondary N) is 1. The molecule has 2 N–H and O–H groups in total. The van der Waals surface area contributed by atoms with Crippen LogP contribution in [0.15, 0.2) is 16.7 Å². The summed E-state index contributed by atoms with van der Waals surface area (Å²) in [7, 11) is 0. The fourth-order valence-corrected chi connectivity index (χ4v) is 0.911. The highest BCUT2D eigenvalue weighted by Gasteiger charge is 2.06. The van der Waals surface area contributed by atoms with E-state index in [9.17, 15) is 9.18 Å². The first kappa shape index (κ1) is 8.92. The number of aromatic nitrogens is 1. The number of rotatable bonds is 1. The van der Waals surface area contributed by atoms with Gasteiger partial charge in [0.15, 0.2) is 11.6 Å². The molecule has 6 heteroatoms. The third-order valence-electron chi connectivity index (χ3n) is 1.03. The minimum absolute atomic E-state index is 0.300. The van der Waals surface area contributed by atoms with E-state index < -0.39 is 11.9 Å². The summed E-state index contributed by atoms with van der Waals surface area (Å²) in [6, 6.07) is 1.12. The number of carbonyl (C=O) groups is 1. The number of pyridine rings is 1. The van der Waals surface area contributed by atoms with Crippen LogP contribution >= 0.6 is 15.9 Å². The minimum Gasteiger partial charge on any atom is -0.465 e. The quantitative estimate of drug-likeness (QED) is 0.783. The average Bonchev–Trinajstić information content (AvgIpc) is 1.94. The molecule has 0 bridgehead atoms. The number of anilines is 1. The lowest BCUT2D eigenvalue weighted by Crippen LogP contribution is -2.10. The molecule has 4 nitrogen and oxygen atoms in total. The third-order valence-corrected chi connectivity index (χ3v) is 1.47. The average molecular weight is 235 g/mol. The number of halogens is 2. The van der Waals surface area contributed by atoms with E-state index >= 15 is 0 Å². The van der Waals surface area contributed by atoms with E-state index in [1.54, 1.807) is 0 Å². The second kappa shape index (κ2) is 3.48. The van der Waals surface area contributed by atoms with Crippen molar-refractivity contribution in [2.75, 3.05) is 5.32 Å². The van der Waals surface area contributed by atoms with E-state index in [4.69, 9.17) is 5.11 Å². The molecule has 0 aliphatic heterocycles. The first-order valence-corrected chi connectivity index (χ1v) is 3.70. The smallest absolute Gasteiger partial charge is 0.410 e. The third kappa shape index (κ3) is 2.16. The summed E-state index contributed by atoms with van der Waals surface area (Å²) in [4.78, 5) is 13.6. The van der Waals surface area contributed by atoms with Gasteiger partial charge in [-0.15, -0.1) is 0 Å². The molecule has 1 heterocycles. The summed E-state index contributed by atoms with van der Waals surface area (Å²) in [6.07, 6.45) is -0.0438. The van der Waals surface area contributed by atoms with Gasteiger partial charge in [0.1, 0.15) is 0 Å². The Labute approximate surface area is 75.6 Å². The molecule has 0 atom stereocenters. The molecule has 0 fully saturated rings. The molecule has 1 aromatic heterocycles. The number of hydrogen-bond donors (Lipinski definition) is 2. The van der Waals surface area contributed by atoms with E-state index in [2.05, 4.69) is 20.9 Å². The summed E-state index contributed by atoms with van der Waals surface area (Å²) < 4.78 is 13.2. The fourth-order valence-electron chi connectivity index (χ4n) is 0.608. The molecule has 1 aromatic rings. The Balaban J connectivity index is 2.93. The van der Waals surface area contributed by atoms with E-state index in [1.807, 2.05) is 5.32 Å². The van der Waals surface area contributed by atoms with Gasteiger partial charge in [0.05, 0.1) is 0 Å². The summed E-state index contributed by atoms with van der Waals surface area (Å²) in [5, 5.41) is 10.0. The molecular weight excluding hydrogens is 231 g/mol. The van der Waals surface area contributed by atoms with E-state index in [1.165, 1.54) is 6.20 Å². The molecule has 0 spiro atoms. The van der Waals surface area contributed by atoms with Crippen molar-refractivity contribution in [3.63, 3.8) is 0 Å². The van der Waals surface area contributed by atoms with Gasteiger partial charge >= 0.3 is 6.09 Å². The van der Waals surface area contributed by atoms with Crippen molar-refractivity contribution in [1.29, 1.82) is 0 Å². The van der Waals surface area contributed by atoms with Gasteiger partial charge in [0, 0.05) is 10.7 Å². The summed E-state index contributed by atoms with van der Waals surface area (Å²) in [5.41, 5.74) is 0. The molecular formula is C6H4BrFN2O2. The van der Waals surface area contributed by atoms with E-state index in [0.717, 1.165) is 6.07 Å². The lowest BCUT2D eigenvalue weighted by atomic mass is 10.4. The summed E-state index contributed by atoms with van der Waals surface area (Å²) in [5.74, 6) is -1.02. The van der Waals surface area contributed by atoms with Crippen LogP contribution in [-0.4, -0.2) is 16.2 Å². The van der Waals surface area contributed by atoms with Gasteiger partial charge in [0.25, 0.3) is 0 Å². The van der Waals surface area contributed by atoms with Crippen molar-refractivity contribution >= 4 is 27.8 Å². The standard InChI is InChI=1S/C6H4BrFN2O2/c7-3-1-4(8)5(9-2-3)10-6(11)12/h1-2H,(H,9,10)(H,11,12). The maximum Gasteiger partial charge on any atom is 0.410 e. The van der Waals surface area contributed by atoms with Crippen molar-refractivity contribution < 1.29 is 14.3 Å². The van der Waals surface area contributed by atoms with Crippen molar-refractivity contribution in [3.05, 3.63) is 22.6 Å². The lowest BCUT2D eigenvalue weighted by molar-refractivity contribution is 0.209. The van der Waals surface area contributed by atoms with E-state index in [-0.39, 0.29) is 5.82 Å². The summed E-state index contributed by atoms with van der Waals surface area (Å²) >= 11 is 2.98. The molecule has 0 aromatic carbocycles. The largest absolute Gasteiger partial charge is 0.465 e. The second-order valence-corrected chi connectivity index (χ2v) is 2.83. The molecule has 1 rings (SSSR count). The monoisotopic (exact) mass is 234 g/mol. The SMILES string of the molecule is O=C(O)Nc1ncc(Br)cc1F. The van der Waals surface area contributed by atoms with Gasteiger partial charge in [-0.25, -0.2) is 14.2 Å². The Kier molecular flexibility index (Phi) is 2.59. The molecule has 0 saturated carbocycles. The predicted molar refractivity (Wildman–Crippen MR) is 43.5 cm³/mol. The normalized spacial score (nSPS) is 9.50. The first-order valence-electron chi connectivity index (χ1n) is 2.90. The van der Waals surface area contributed by atoms with Crippen molar-refractivity contribution in [1.82, 2.24) is 4.98 Å². The second-order valence-electron chi connectivity index (χ2n) is 1.91. The van der Waals surface area contributed by atoms with Crippen LogP contribution in [0, 0.1) is 5.82 Å². The van der Waals surface area contributed by atoms with Crippen molar-refractivity contribution in [3.8, 4) is 0 Å². The zero-order valence-electron chi connectivity index (χ0n) is 5.71. The van der Waals surface area contributed by atoms with Crippen LogP contribution < -0.4 is 5.32 Å². The Morgan fingerprint density at radius 3 is 2.92 bits per heavy atom. The number of hydrogen-bond acceptors (Lipinski definition) is 2. The Morgan fingerprint density at radius 1 is 1.75 bits per heavy atom. The molecule has 0 aliphatic rings. The molecule has 1 amide bonds. The van der Waals surface area contributed by atoms with Gasteiger partial charge in [-0.2, -0.15) is 0 Å². The van der Waals surface area contributed by atoms with Crippen LogP contribution in [0.25, 0.3) is 0 Å². The molecule has 0 unspecified atom stereocenters. The number of nitrogens with zero attached hydrogens (tertiary/aromatic N) is 1.